The third-order valence-corrected chi connectivity index (χ3v) is 3.34. The van der Waals surface area contributed by atoms with Gasteiger partial charge in [-0.25, -0.2) is 0 Å². The second kappa shape index (κ2) is 5.64. The molecule has 0 N–H and O–H groups in total. The standard InChI is InChI=1S/C17H18N2/c1-12-5-7-16(9-14(12)3)18-11-19-17-8-6-13(2)15(4)10-17/h5-10H,1-4H3. The maximum atomic E-state index is 4.24. The van der Waals surface area contributed by atoms with Crippen molar-refractivity contribution >= 4 is 17.4 Å². The predicted molar refractivity (Wildman–Crippen MR) is 81.0 cm³/mol. The fourth-order valence-electron chi connectivity index (χ4n) is 1.73. The van der Waals surface area contributed by atoms with Gasteiger partial charge in [0.1, 0.15) is 6.01 Å². The summed E-state index contributed by atoms with van der Waals surface area (Å²) in [7, 11) is 0. The Hall–Kier alpha value is -2.18. The average Bonchev–Trinajstić information content (AvgIpc) is 2.38. The molecule has 0 saturated carbocycles. The molecule has 2 nitrogen and oxygen atoms in total. The molecule has 0 amide bonds. The SMILES string of the molecule is Cc1ccc(N=C=Nc2ccc(C)c(C)c2)cc1C. The van der Waals surface area contributed by atoms with E-state index in [9.17, 15) is 0 Å². The van der Waals surface area contributed by atoms with Crippen molar-refractivity contribution in [3.05, 3.63) is 58.7 Å². The molecule has 2 aromatic carbocycles. The topological polar surface area (TPSA) is 24.7 Å². The van der Waals surface area contributed by atoms with Gasteiger partial charge in [0.25, 0.3) is 0 Å². The van der Waals surface area contributed by atoms with Gasteiger partial charge in [0.15, 0.2) is 0 Å². The molecule has 0 aliphatic rings. The van der Waals surface area contributed by atoms with Crippen molar-refractivity contribution in [1.82, 2.24) is 0 Å². The minimum atomic E-state index is 0.885. The fourth-order valence-corrected chi connectivity index (χ4v) is 1.73. The molecule has 96 valence electrons. The summed E-state index contributed by atoms with van der Waals surface area (Å²) in [6.07, 6.45) is 0. The van der Waals surface area contributed by atoms with Crippen LogP contribution in [0.5, 0.6) is 0 Å². The maximum Gasteiger partial charge on any atom is 0.100 e. The summed E-state index contributed by atoms with van der Waals surface area (Å²) in [6, 6.07) is 14.9. The first-order valence-electron chi connectivity index (χ1n) is 6.37. The highest BCUT2D eigenvalue weighted by Crippen LogP contribution is 2.18. The van der Waals surface area contributed by atoms with E-state index in [1.807, 2.05) is 24.3 Å². The van der Waals surface area contributed by atoms with Crippen LogP contribution < -0.4 is 0 Å². The van der Waals surface area contributed by atoms with Crippen LogP contribution in [0.25, 0.3) is 0 Å². The van der Waals surface area contributed by atoms with Crippen LogP contribution in [0, 0.1) is 27.7 Å². The molecule has 0 spiro atoms. The smallest absolute Gasteiger partial charge is 0.100 e. The van der Waals surface area contributed by atoms with Gasteiger partial charge in [-0.3, -0.25) is 0 Å². The summed E-state index contributed by atoms with van der Waals surface area (Å²) >= 11 is 0. The van der Waals surface area contributed by atoms with Gasteiger partial charge in [0.2, 0.25) is 0 Å². The van der Waals surface area contributed by atoms with Gasteiger partial charge in [-0.1, -0.05) is 12.1 Å². The van der Waals surface area contributed by atoms with E-state index in [1.54, 1.807) is 0 Å². The van der Waals surface area contributed by atoms with Crippen molar-refractivity contribution in [3.63, 3.8) is 0 Å². The van der Waals surface area contributed by atoms with Crippen molar-refractivity contribution in [1.29, 1.82) is 0 Å². The van der Waals surface area contributed by atoms with E-state index in [1.165, 1.54) is 22.3 Å². The van der Waals surface area contributed by atoms with Gasteiger partial charge < -0.3 is 0 Å². The van der Waals surface area contributed by atoms with E-state index in [2.05, 4.69) is 55.8 Å². The molecular formula is C17H18N2. The third-order valence-electron chi connectivity index (χ3n) is 3.34. The summed E-state index contributed by atoms with van der Waals surface area (Å²) in [5.41, 5.74) is 6.77. The average molecular weight is 250 g/mol. The van der Waals surface area contributed by atoms with E-state index in [0.717, 1.165) is 11.4 Å². The molecule has 2 aromatic rings. The Morgan fingerprint density at radius 2 is 1.05 bits per heavy atom. The molecule has 0 atom stereocenters. The molecule has 0 radical (unpaired) electrons. The van der Waals surface area contributed by atoms with Gasteiger partial charge in [-0.2, -0.15) is 9.98 Å². The van der Waals surface area contributed by atoms with Crippen LogP contribution in [0.3, 0.4) is 0 Å². The predicted octanol–water partition coefficient (Wildman–Crippen LogP) is 5.06. The second-order valence-electron chi connectivity index (χ2n) is 4.86. The molecule has 0 fully saturated rings. The Kier molecular flexibility index (Phi) is 3.94. The first-order valence-corrected chi connectivity index (χ1v) is 6.37. The fraction of sp³-hybridized carbons (Fsp3) is 0.235. The number of aryl methyl sites for hydroxylation is 4. The molecule has 0 heterocycles. The molecule has 0 aliphatic carbocycles. The van der Waals surface area contributed by atoms with Gasteiger partial charge in [-0.05, 0) is 74.2 Å². The number of hydrogen-bond acceptors (Lipinski definition) is 2. The highest BCUT2D eigenvalue weighted by Gasteiger charge is 1.94. The lowest BCUT2D eigenvalue weighted by Gasteiger charge is -1.99. The molecule has 0 aliphatic heterocycles. The normalized spacial score (nSPS) is 9.89. The Labute approximate surface area is 114 Å². The van der Waals surface area contributed by atoms with Crippen LogP contribution in [0.4, 0.5) is 11.4 Å². The maximum absolute atomic E-state index is 4.24. The number of nitrogens with zero attached hydrogens (tertiary/aromatic N) is 2. The third kappa shape index (κ3) is 3.40. The summed E-state index contributed by atoms with van der Waals surface area (Å²) in [6.45, 7) is 8.33. The van der Waals surface area contributed by atoms with E-state index < -0.39 is 0 Å². The van der Waals surface area contributed by atoms with Crippen molar-refractivity contribution < 1.29 is 0 Å². The summed E-state index contributed by atoms with van der Waals surface area (Å²) in [5, 5.41) is 0. The van der Waals surface area contributed by atoms with Crippen LogP contribution in [0.2, 0.25) is 0 Å². The van der Waals surface area contributed by atoms with Gasteiger partial charge in [0.05, 0.1) is 11.4 Å². The highest BCUT2D eigenvalue weighted by molar-refractivity contribution is 5.59. The molecule has 0 saturated heterocycles. The number of rotatable bonds is 2. The molecule has 2 heteroatoms. The van der Waals surface area contributed by atoms with Gasteiger partial charge in [-0.15, -0.1) is 0 Å². The summed E-state index contributed by atoms with van der Waals surface area (Å²) in [4.78, 5) is 8.48. The molecule has 2 rings (SSSR count). The quantitative estimate of drug-likeness (QED) is 0.666. The van der Waals surface area contributed by atoms with E-state index in [-0.39, 0.29) is 0 Å². The first-order chi connectivity index (χ1) is 9.06. The Balaban J connectivity index is 2.23. The van der Waals surface area contributed by atoms with Crippen LogP contribution in [0.1, 0.15) is 22.3 Å². The molecule has 0 aromatic heterocycles. The van der Waals surface area contributed by atoms with Crippen molar-refractivity contribution in [2.45, 2.75) is 27.7 Å². The Bertz CT molecular complexity index is 607. The van der Waals surface area contributed by atoms with E-state index >= 15 is 0 Å². The van der Waals surface area contributed by atoms with Gasteiger partial charge in [0, 0.05) is 0 Å². The van der Waals surface area contributed by atoms with Crippen LogP contribution in [-0.4, -0.2) is 6.01 Å². The Morgan fingerprint density at radius 3 is 1.42 bits per heavy atom. The number of aliphatic imine (C=N–C) groups is 2. The summed E-state index contributed by atoms with van der Waals surface area (Å²) < 4.78 is 0. The lowest BCUT2D eigenvalue weighted by atomic mass is 10.1. The summed E-state index contributed by atoms with van der Waals surface area (Å²) in [5.74, 6) is 0. The molecule has 19 heavy (non-hydrogen) atoms. The van der Waals surface area contributed by atoms with E-state index in [4.69, 9.17) is 0 Å². The molecule has 0 unspecified atom stereocenters. The lowest BCUT2D eigenvalue weighted by Crippen LogP contribution is -1.78. The second-order valence-corrected chi connectivity index (χ2v) is 4.86. The molecule has 0 bridgehead atoms. The highest BCUT2D eigenvalue weighted by atomic mass is 14.8. The first kappa shape index (κ1) is 13.3. The van der Waals surface area contributed by atoms with Crippen molar-refractivity contribution in [2.75, 3.05) is 0 Å². The zero-order valence-corrected chi connectivity index (χ0v) is 11.9. The van der Waals surface area contributed by atoms with Crippen molar-refractivity contribution in [2.24, 2.45) is 9.98 Å². The number of hydrogen-bond donors (Lipinski definition) is 0. The van der Waals surface area contributed by atoms with E-state index in [0.29, 0.717) is 0 Å². The minimum Gasteiger partial charge on any atom is -0.188 e. The van der Waals surface area contributed by atoms with Crippen LogP contribution in [0.15, 0.2) is 46.4 Å². The lowest BCUT2D eigenvalue weighted by molar-refractivity contribution is 1.32. The van der Waals surface area contributed by atoms with Crippen molar-refractivity contribution in [3.8, 4) is 0 Å². The monoisotopic (exact) mass is 250 g/mol. The molecular weight excluding hydrogens is 232 g/mol. The van der Waals surface area contributed by atoms with Gasteiger partial charge >= 0.3 is 0 Å². The zero-order valence-electron chi connectivity index (χ0n) is 11.9. The van der Waals surface area contributed by atoms with Crippen LogP contribution in [-0.2, 0) is 0 Å². The largest absolute Gasteiger partial charge is 0.188 e. The zero-order chi connectivity index (χ0) is 13.8. The van der Waals surface area contributed by atoms with Crippen LogP contribution >= 0.6 is 0 Å². The minimum absolute atomic E-state index is 0.885. The number of benzene rings is 2. The Morgan fingerprint density at radius 1 is 0.632 bits per heavy atom.